The molecule has 0 amide bonds. The maximum absolute atomic E-state index is 11.0. The van der Waals surface area contributed by atoms with E-state index in [0.717, 1.165) is 11.1 Å². The topological polar surface area (TPSA) is 46.2 Å². The lowest BCUT2D eigenvalue weighted by Gasteiger charge is -2.31. The molecule has 0 bridgehead atoms. The molecule has 0 spiro atoms. The Labute approximate surface area is 120 Å². The summed E-state index contributed by atoms with van der Waals surface area (Å²) < 4.78 is 0. The quantitative estimate of drug-likeness (QED) is 0.894. The van der Waals surface area contributed by atoms with Crippen LogP contribution in [0, 0.1) is 0 Å². The van der Waals surface area contributed by atoms with Gasteiger partial charge in [0.05, 0.1) is 0 Å². The third kappa shape index (κ3) is 2.26. The summed E-state index contributed by atoms with van der Waals surface area (Å²) in [6.45, 7) is 0.186. The van der Waals surface area contributed by atoms with Crippen molar-refractivity contribution in [1.82, 2.24) is 0 Å². The van der Waals surface area contributed by atoms with E-state index in [1.165, 1.54) is 24.8 Å². The van der Waals surface area contributed by atoms with Gasteiger partial charge in [0.1, 0.15) is 5.60 Å². The van der Waals surface area contributed by atoms with Crippen molar-refractivity contribution in [2.45, 2.75) is 30.8 Å². The predicted octanol–water partition coefficient (Wildman–Crippen LogP) is 3.15. The Kier molecular flexibility index (Phi) is 3.60. The summed E-state index contributed by atoms with van der Waals surface area (Å²) in [7, 11) is 0. The van der Waals surface area contributed by atoms with Crippen LogP contribution in [-0.2, 0) is 5.60 Å². The summed E-state index contributed by atoms with van der Waals surface area (Å²) in [5.74, 6) is 0.660. The molecule has 1 aliphatic carbocycles. The summed E-state index contributed by atoms with van der Waals surface area (Å²) in [6.07, 6.45) is 3.83. The highest BCUT2D eigenvalue weighted by molar-refractivity contribution is 5.39. The first-order chi connectivity index (χ1) is 9.74. The van der Waals surface area contributed by atoms with E-state index in [1.54, 1.807) is 0 Å². The van der Waals surface area contributed by atoms with Crippen LogP contribution in [-0.4, -0.2) is 11.7 Å². The SMILES string of the molecule is NCC(O)(c1ccccc1)c1cccc(C2CCC2)c1. The van der Waals surface area contributed by atoms with Gasteiger partial charge in [-0.05, 0) is 35.4 Å². The average molecular weight is 267 g/mol. The van der Waals surface area contributed by atoms with Crippen LogP contribution in [0.15, 0.2) is 54.6 Å². The highest BCUT2D eigenvalue weighted by Gasteiger charge is 2.31. The van der Waals surface area contributed by atoms with Gasteiger partial charge >= 0.3 is 0 Å². The maximum Gasteiger partial charge on any atom is 0.127 e. The number of hydrogen-bond acceptors (Lipinski definition) is 2. The fourth-order valence-electron chi connectivity index (χ4n) is 2.91. The molecular weight excluding hydrogens is 246 g/mol. The number of benzene rings is 2. The number of rotatable bonds is 4. The summed E-state index contributed by atoms with van der Waals surface area (Å²) in [4.78, 5) is 0. The first-order valence-electron chi connectivity index (χ1n) is 7.32. The van der Waals surface area contributed by atoms with Crippen molar-refractivity contribution in [1.29, 1.82) is 0 Å². The van der Waals surface area contributed by atoms with Crippen LogP contribution < -0.4 is 5.73 Å². The number of hydrogen-bond donors (Lipinski definition) is 2. The van der Waals surface area contributed by atoms with Crippen molar-refractivity contribution < 1.29 is 5.11 Å². The average Bonchev–Trinajstić information content (AvgIpc) is 2.46. The molecule has 1 unspecified atom stereocenters. The standard InChI is InChI=1S/C18H21NO/c19-13-18(20,16-9-2-1-3-10-16)17-11-5-8-15(12-17)14-6-4-7-14/h1-3,5,8-12,14,20H,4,6-7,13,19H2. The fourth-order valence-corrected chi connectivity index (χ4v) is 2.91. The van der Waals surface area contributed by atoms with Gasteiger partial charge in [-0.25, -0.2) is 0 Å². The monoisotopic (exact) mass is 267 g/mol. The van der Waals surface area contributed by atoms with Crippen LogP contribution in [0.3, 0.4) is 0 Å². The molecule has 1 aliphatic rings. The van der Waals surface area contributed by atoms with Crippen LogP contribution in [0.2, 0.25) is 0 Å². The minimum Gasteiger partial charge on any atom is -0.379 e. The molecule has 104 valence electrons. The van der Waals surface area contributed by atoms with Crippen molar-refractivity contribution in [3.8, 4) is 0 Å². The van der Waals surface area contributed by atoms with E-state index in [2.05, 4.69) is 12.1 Å². The Bertz CT molecular complexity index is 577. The summed E-state index contributed by atoms with van der Waals surface area (Å²) in [5.41, 5.74) is 7.88. The Morgan fingerprint density at radius 2 is 1.70 bits per heavy atom. The molecule has 1 saturated carbocycles. The third-order valence-corrected chi connectivity index (χ3v) is 4.49. The number of nitrogens with two attached hydrogens (primary N) is 1. The molecule has 1 fully saturated rings. The molecular formula is C18H21NO. The maximum atomic E-state index is 11.0. The van der Waals surface area contributed by atoms with Gasteiger partial charge in [-0.15, -0.1) is 0 Å². The minimum absolute atomic E-state index is 0.186. The van der Waals surface area contributed by atoms with E-state index >= 15 is 0 Å². The second kappa shape index (κ2) is 5.39. The molecule has 0 saturated heterocycles. The van der Waals surface area contributed by atoms with E-state index < -0.39 is 5.60 Å². The van der Waals surface area contributed by atoms with Gasteiger partial charge in [-0.3, -0.25) is 0 Å². The van der Waals surface area contributed by atoms with Crippen LogP contribution in [0.1, 0.15) is 41.9 Å². The van der Waals surface area contributed by atoms with E-state index in [1.807, 2.05) is 42.5 Å². The van der Waals surface area contributed by atoms with Gasteiger partial charge in [-0.2, -0.15) is 0 Å². The van der Waals surface area contributed by atoms with Gasteiger partial charge in [0, 0.05) is 6.54 Å². The molecule has 2 aromatic carbocycles. The highest BCUT2D eigenvalue weighted by Crippen LogP contribution is 2.38. The lowest BCUT2D eigenvalue weighted by molar-refractivity contribution is 0.0901. The van der Waals surface area contributed by atoms with Gasteiger partial charge in [-0.1, -0.05) is 61.0 Å². The fraction of sp³-hybridized carbons (Fsp3) is 0.333. The predicted molar refractivity (Wildman–Crippen MR) is 81.5 cm³/mol. The zero-order valence-corrected chi connectivity index (χ0v) is 11.6. The normalized spacial score (nSPS) is 18.3. The van der Waals surface area contributed by atoms with E-state index in [4.69, 9.17) is 5.73 Å². The second-order valence-electron chi connectivity index (χ2n) is 5.68. The largest absolute Gasteiger partial charge is 0.379 e. The Morgan fingerprint density at radius 3 is 2.30 bits per heavy atom. The van der Waals surface area contributed by atoms with Crippen LogP contribution in [0.25, 0.3) is 0 Å². The van der Waals surface area contributed by atoms with Gasteiger partial charge in [0.15, 0.2) is 0 Å². The number of aliphatic hydroxyl groups is 1. The van der Waals surface area contributed by atoms with Crippen molar-refractivity contribution in [2.75, 3.05) is 6.54 Å². The van der Waals surface area contributed by atoms with Crippen LogP contribution in [0.4, 0.5) is 0 Å². The van der Waals surface area contributed by atoms with Crippen LogP contribution >= 0.6 is 0 Å². The molecule has 1 atom stereocenters. The summed E-state index contributed by atoms with van der Waals surface area (Å²) >= 11 is 0. The third-order valence-electron chi connectivity index (χ3n) is 4.49. The lowest BCUT2D eigenvalue weighted by atomic mass is 9.78. The van der Waals surface area contributed by atoms with Gasteiger partial charge in [0.2, 0.25) is 0 Å². The molecule has 0 heterocycles. The molecule has 3 rings (SSSR count). The lowest BCUT2D eigenvalue weighted by Crippen LogP contribution is -2.36. The molecule has 2 nitrogen and oxygen atoms in total. The molecule has 0 aromatic heterocycles. The van der Waals surface area contributed by atoms with Crippen molar-refractivity contribution in [3.05, 3.63) is 71.3 Å². The Morgan fingerprint density at radius 1 is 1.00 bits per heavy atom. The molecule has 2 heteroatoms. The van der Waals surface area contributed by atoms with Gasteiger partial charge < -0.3 is 10.8 Å². The smallest absolute Gasteiger partial charge is 0.127 e. The van der Waals surface area contributed by atoms with Crippen molar-refractivity contribution in [2.24, 2.45) is 5.73 Å². The zero-order valence-electron chi connectivity index (χ0n) is 11.6. The van der Waals surface area contributed by atoms with Crippen molar-refractivity contribution >= 4 is 0 Å². The summed E-state index contributed by atoms with van der Waals surface area (Å²) in [5, 5.41) is 11.0. The van der Waals surface area contributed by atoms with Crippen molar-refractivity contribution in [3.63, 3.8) is 0 Å². The zero-order chi connectivity index (χ0) is 14.0. The summed E-state index contributed by atoms with van der Waals surface area (Å²) in [6, 6.07) is 18.0. The Hall–Kier alpha value is -1.64. The minimum atomic E-state index is -1.10. The van der Waals surface area contributed by atoms with E-state index in [0.29, 0.717) is 5.92 Å². The Balaban J connectivity index is 2.00. The molecule has 20 heavy (non-hydrogen) atoms. The first-order valence-corrected chi connectivity index (χ1v) is 7.32. The molecule has 3 N–H and O–H groups in total. The highest BCUT2D eigenvalue weighted by atomic mass is 16.3. The van der Waals surface area contributed by atoms with Crippen LogP contribution in [0.5, 0.6) is 0 Å². The second-order valence-corrected chi connectivity index (χ2v) is 5.68. The first kappa shape index (κ1) is 13.3. The van der Waals surface area contributed by atoms with E-state index in [-0.39, 0.29) is 6.54 Å². The molecule has 0 aliphatic heterocycles. The van der Waals surface area contributed by atoms with E-state index in [9.17, 15) is 5.11 Å². The molecule has 2 aromatic rings. The van der Waals surface area contributed by atoms with Gasteiger partial charge in [0.25, 0.3) is 0 Å². The molecule has 0 radical (unpaired) electrons.